The number of halogens is 1. The van der Waals surface area contributed by atoms with E-state index in [9.17, 15) is 13.2 Å². The van der Waals surface area contributed by atoms with E-state index in [1.807, 2.05) is 31.2 Å². The second kappa shape index (κ2) is 8.53. The molecule has 0 unspecified atom stereocenters. The Bertz CT molecular complexity index is 883. The second-order valence-electron chi connectivity index (χ2n) is 5.59. The van der Waals surface area contributed by atoms with Gasteiger partial charge in [-0.25, -0.2) is 13.1 Å². The van der Waals surface area contributed by atoms with E-state index in [0.29, 0.717) is 13.2 Å². The molecule has 0 saturated carbocycles. The van der Waals surface area contributed by atoms with Gasteiger partial charge in [0, 0.05) is 13.6 Å². The molecule has 0 spiro atoms. The lowest BCUT2D eigenvalue weighted by Crippen LogP contribution is -2.27. The Hall–Kier alpha value is -2.09. The number of carbonyl (C=O) groups is 1. The van der Waals surface area contributed by atoms with Gasteiger partial charge in [0.05, 0.1) is 22.1 Å². The van der Waals surface area contributed by atoms with Gasteiger partial charge in [-0.2, -0.15) is 0 Å². The summed E-state index contributed by atoms with van der Waals surface area (Å²) in [5.74, 6) is 0.398. The number of ether oxygens (including phenoxy) is 1. The standard InChI is InChI=1S/C18H21ClN2O4S/c1-4-25-14-7-5-13(6-8-14)12-21(3)18(22)16-11-15(9-10-17(16)19)26(23,24)20-2/h5-11,20H,4,12H2,1-3H3. The van der Waals surface area contributed by atoms with E-state index < -0.39 is 10.0 Å². The molecule has 0 saturated heterocycles. The first kappa shape index (κ1) is 20.2. The van der Waals surface area contributed by atoms with Crippen molar-refractivity contribution in [3.8, 4) is 5.75 Å². The smallest absolute Gasteiger partial charge is 0.255 e. The molecule has 0 radical (unpaired) electrons. The second-order valence-corrected chi connectivity index (χ2v) is 7.88. The number of carbonyl (C=O) groups excluding carboxylic acids is 1. The van der Waals surface area contributed by atoms with Crippen molar-refractivity contribution in [3.63, 3.8) is 0 Å². The minimum atomic E-state index is -3.66. The summed E-state index contributed by atoms with van der Waals surface area (Å²) in [7, 11) is -0.717. The van der Waals surface area contributed by atoms with Crippen LogP contribution in [0.2, 0.25) is 5.02 Å². The fourth-order valence-electron chi connectivity index (χ4n) is 2.36. The normalized spacial score (nSPS) is 11.2. The molecule has 26 heavy (non-hydrogen) atoms. The minimum absolute atomic E-state index is 0.0118. The molecule has 0 aliphatic heterocycles. The van der Waals surface area contributed by atoms with Gasteiger partial charge < -0.3 is 9.64 Å². The van der Waals surface area contributed by atoms with Crippen LogP contribution in [0.1, 0.15) is 22.8 Å². The van der Waals surface area contributed by atoms with Crippen molar-refractivity contribution in [2.45, 2.75) is 18.4 Å². The molecule has 1 amide bonds. The molecule has 0 atom stereocenters. The van der Waals surface area contributed by atoms with E-state index in [-0.39, 0.29) is 21.4 Å². The van der Waals surface area contributed by atoms with Gasteiger partial charge in [0.15, 0.2) is 0 Å². The highest BCUT2D eigenvalue weighted by Gasteiger charge is 2.20. The predicted molar refractivity (Wildman–Crippen MR) is 101 cm³/mol. The summed E-state index contributed by atoms with van der Waals surface area (Å²) in [6, 6.07) is 11.5. The third kappa shape index (κ3) is 4.75. The van der Waals surface area contributed by atoms with Crippen molar-refractivity contribution in [2.24, 2.45) is 0 Å². The SMILES string of the molecule is CCOc1ccc(CN(C)C(=O)c2cc(S(=O)(=O)NC)ccc2Cl)cc1. The number of hydrogen-bond donors (Lipinski definition) is 1. The van der Waals surface area contributed by atoms with Gasteiger partial charge in [-0.1, -0.05) is 23.7 Å². The Morgan fingerprint density at radius 1 is 1.19 bits per heavy atom. The first-order valence-electron chi connectivity index (χ1n) is 7.98. The molecule has 0 aliphatic carbocycles. The van der Waals surface area contributed by atoms with Crippen molar-refractivity contribution in [1.82, 2.24) is 9.62 Å². The minimum Gasteiger partial charge on any atom is -0.494 e. The zero-order chi connectivity index (χ0) is 19.3. The van der Waals surface area contributed by atoms with Gasteiger partial charge in [0.1, 0.15) is 5.75 Å². The number of sulfonamides is 1. The molecule has 1 N–H and O–H groups in total. The number of amides is 1. The molecule has 0 aromatic heterocycles. The highest BCUT2D eigenvalue weighted by atomic mass is 35.5. The van der Waals surface area contributed by atoms with E-state index >= 15 is 0 Å². The van der Waals surface area contributed by atoms with Gasteiger partial charge >= 0.3 is 0 Å². The van der Waals surface area contributed by atoms with E-state index in [0.717, 1.165) is 11.3 Å². The first-order valence-corrected chi connectivity index (χ1v) is 9.85. The molecule has 2 aromatic carbocycles. The molecule has 0 heterocycles. The van der Waals surface area contributed by atoms with Crippen LogP contribution < -0.4 is 9.46 Å². The first-order chi connectivity index (χ1) is 12.3. The molecule has 0 bridgehead atoms. The van der Waals surface area contributed by atoms with Crippen LogP contribution in [0.4, 0.5) is 0 Å². The van der Waals surface area contributed by atoms with Gasteiger partial charge in [0.2, 0.25) is 10.0 Å². The molecular weight excluding hydrogens is 376 g/mol. The Balaban J connectivity index is 2.21. The molecule has 2 aromatic rings. The highest BCUT2D eigenvalue weighted by molar-refractivity contribution is 7.89. The molecule has 2 rings (SSSR count). The maximum atomic E-state index is 12.7. The average Bonchev–Trinajstić information content (AvgIpc) is 2.63. The molecule has 6 nitrogen and oxygen atoms in total. The number of rotatable bonds is 7. The average molecular weight is 397 g/mol. The number of hydrogen-bond acceptors (Lipinski definition) is 4. The van der Waals surface area contributed by atoms with Crippen molar-refractivity contribution < 1.29 is 17.9 Å². The highest BCUT2D eigenvalue weighted by Crippen LogP contribution is 2.22. The molecule has 140 valence electrons. The fourth-order valence-corrected chi connectivity index (χ4v) is 3.32. The van der Waals surface area contributed by atoms with Crippen LogP contribution >= 0.6 is 11.6 Å². The largest absolute Gasteiger partial charge is 0.494 e. The Labute approximate surface area is 158 Å². The van der Waals surface area contributed by atoms with Crippen LogP contribution in [-0.4, -0.2) is 39.9 Å². The van der Waals surface area contributed by atoms with E-state index in [1.54, 1.807) is 7.05 Å². The maximum Gasteiger partial charge on any atom is 0.255 e. The number of nitrogens with zero attached hydrogens (tertiary/aromatic N) is 1. The van der Waals surface area contributed by atoms with Crippen molar-refractivity contribution in [2.75, 3.05) is 20.7 Å². The van der Waals surface area contributed by atoms with Gasteiger partial charge in [-0.15, -0.1) is 0 Å². The summed E-state index contributed by atoms with van der Waals surface area (Å²) < 4.78 is 31.5. The van der Waals surface area contributed by atoms with Crippen LogP contribution in [-0.2, 0) is 16.6 Å². The molecule has 8 heteroatoms. The monoisotopic (exact) mass is 396 g/mol. The van der Waals surface area contributed by atoms with Gasteiger partial charge in [0.25, 0.3) is 5.91 Å². The summed E-state index contributed by atoms with van der Waals surface area (Å²) in [4.78, 5) is 14.2. The zero-order valence-electron chi connectivity index (χ0n) is 14.8. The van der Waals surface area contributed by atoms with Crippen LogP contribution in [0.5, 0.6) is 5.75 Å². The predicted octanol–water partition coefficient (Wildman–Crippen LogP) is 2.92. The van der Waals surface area contributed by atoms with Gasteiger partial charge in [-0.3, -0.25) is 4.79 Å². The van der Waals surface area contributed by atoms with E-state index in [4.69, 9.17) is 16.3 Å². The number of nitrogens with one attached hydrogen (secondary N) is 1. The maximum absolute atomic E-state index is 12.7. The van der Waals surface area contributed by atoms with E-state index in [1.165, 1.54) is 30.1 Å². The number of benzene rings is 2. The van der Waals surface area contributed by atoms with E-state index in [2.05, 4.69) is 4.72 Å². The van der Waals surface area contributed by atoms with Crippen LogP contribution in [0.15, 0.2) is 47.4 Å². The lowest BCUT2D eigenvalue weighted by molar-refractivity contribution is 0.0785. The summed E-state index contributed by atoms with van der Waals surface area (Å²) in [5, 5.41) is 0.198. The topological polar surface area (TPSA) is 75.7 Å². The lowest BCUT2D eigenvalue weighted by atomic mass is 10.1. The molecule has 0 fully saturated rings. The summed E-state index contributed by atoms with van der Waals surface area (Å²) >= 11 is 6.11. The Morgan fingerprint density at radius 3 is 2.42 bits per heavy atom. The van der Waals surface area contributed by atoms with Crippen molar-refractivity contribution in [3.05, 3.63) is 58.6 Å². The third-order valence-corrected chi connectivity index (χ3v) is 5.49. The van der Waals surface area contributed by atoms with Crippen LogP contribution in [0.25, 0.3) is 0 Å². The summed E-state index contributed by atoms with van der Waals surface area (Å²) in [6.07, 6.45) is 0. The van der Waals surface area contributed by atoms with Crippen molar-refractivity contribution >= 4 is 27.5 Å². The van der Waals surface area contributed by atoms with Crippen LogP contribution in [0, 0.1) is 0 Å². The molecular formula is C18H21ClN2O4S. The molecule has 0 aliphatic rings. The van der Waals surface area contributed by atoms with Crippen LogP contribution in [0.3, 0.4) is 0 Å². The van der Waals surface area contributed by atoms with Crippen molar-refractivity contribution in [1.29, 1.82) is 0 Å². The summed E-state index contributed by atoms with van der Waals surface area (Å²) in [6.45, 7) is 2.85. The zero-order valence-corrected chi connectivity index (χ0v) is 16.4. The lowest BCUT2D eigenvalue weighted by Gasteiger charge is -2.19. The fraction of sp³-hybridized carbons (Fsp3) is 0.278. The Morgan fingerprint density at radius 2 is 1.85 bits per heavy atom. The quantitative estimate of drug-likeness (QED) is 0.780. The summed E-state index contributed by atoms with van der Waals surface area (Å²) in [5.41, 5.74) is 1.05. The third-order valence-electron chi connectivity index (χ3n) is 3.75. The Kier molecular flexibility index (Phi) is 6.63. The van der Waals surface area contributed by atoms with Gasteiger partial charge in [-0.05, 0) is 49.9 Å².